The molecule has 1 amide bonds. The van der Waals surface area contributed by atoms with Gasteiger partial charge in [0.2, 0.25) is 0 Å². The Balaban J connectivity index is 1.34. The topological polar surface area (TPSA) is 70.5 Å². The van der Waals surface area contributed by atoms with Gasteiger partial charge in [-0.2, -0.15) is 0 Å². The fourth-order valence-corrected chi connectivity index (χ4v) is 4.30. The number of fused-ring (bicyclic) bond motifs is 2. The van der Waals surface area contributed by atoms with Gasteiger partial charge in [-0.25, -0.2) is 9.97 Å². The monoisotopic (exact) mass is 447 g/mol. The highest BCUT2D eigenvalue weighted by atomic mass is 16.2. The summed E-state index contributed by atoms with van der Waals surface area (Å²) in [6.07, 6.45) is 9.76. The van der Waals surface area contributed by atoms with E-state index >= 15 is 0 Å². The number of rotatable bonds is 6. The van der Waals surface area contributed by atoms with E-state index in [-0.39, 0.29) is 5.91 Å². The number of carbonyl (C=O) groups is 1. The first-order valence-electron chi connectivity index (χ1n) is 11.2. The van der Waals surface area contributed by atoms with Gasteiger partial charge in [-0.1, -0.05) is 30.9 Å². The van der Waals surface area contributed by atoms with Crippen LogP contribution in [0.5, 0.6) is 0 Å². The molecule has 0 spiro atoms. The van der Waals surface area contributed by atoms with Crippen LogP contribution in [-0.4, -0.2) is 34.0 Å². The molecule has 2 aliphatic rings. The van der Waals surface area contributed by atoms with E-state index in [0.29, 0.717) is 12.2 Å². The zero-order valence-corrected chi connectivity index (χ0v) is 19.2. The summed E-state index contributed by atoms with van der Waals surface area (Å²) in [4.78, 5) is 28.1. The van der Waals surface area contributed by atoms with Crippen LogP contribution < -0.4 is 5.32 Å². The van der Waals surface area contributed by atoms with E-state index in [1.165, 1.54) is 5.56 Å². The van der Waals surface area contributed by atoms with Gasteiger partial charge in [0.1, 0.15) is 5.82 Å². The first kappa shape index (κ1) is 21.5. The summed E-state index contributed by atoms with van der Waals surface area (Å²) < 4.78 is 0. The zero-order chi connectivity index (χ0) is 23.7. The van der Waals surface area contributed by atoms with Crippen molar-refractivity contribution in [2.24, 2.45) is 4.99 Å². The number of hydrogen-bond acceptors (Lipinski definition) is 5. The number of aliphatic imine (C=N–C) groups is 1. The highest BCUT2D eigenvalue weighted by molar-refractivity contribution is 6.01. The Bertz CT molecular complexity index is 1400. The number of hydrogen-bond donors (Lipinski definition) is 1. The molecule has 2 heterocycles. The van der Waals surface area contributed by atoms with Gasteiger partial charge in [0.25, 0.3) is 5.91 Å². The Morgan fingerprint density at radius 2 is 2.00 bits per heavy atom. The smallest absolute Gasteiger partial charge is 0.254 e. The minimum absolute atomic E-state index is 0.0208. The van der Waals surface area contributed by atoms with Crippen molar-refractivity contribution in [2.75, 3.05) is 12.4 Å². The van der Waals surface area contributed by atoms with Crippen molar-refractivity contribution >= 4 is 29.7 Å². The van der Waals surface area contributed by atoms with Gasteiger partial charge >= 0.3 is 0 Å². The van der Waals surface area contributed by atoms with Crippen molar-refractivity contribution in [3.8, 4) is 11.4 Å². The maximum absolute atomic E-state index is 12.9. The molecule has 0 fully saturated rings. The van der Waals surface area contributed by atoms with Gasteiger partial charge in [0, 0.05) is 48.4 Å². The van der Waals surface area contributed by atoms with Crippen LogP contribution in [0.4, 0.5) is 11.5 Å². The first-order valence-corrected chi connectivity index (χ1v) is 11.2. The summed E-state index contributed by atoms with van der Waals surface area (Å²) in [5.41, 5.74) is 7.93. The van der Waals surface area contributed by atoms with Crippen LogP contribution in [0.2, 0.25) is 0 Å². The molecule has 0 atom stereocenters. The lowest BCUT2D eigenvalue weighted by Crippen LogP contribution is -2.26. The third-order valence-corrected chi connectivity index (χ3v) is 6.15. The Morgan fingerprint density at radius 3 is 2.82 bits per heavy atom. The maximum Gasteiger partial charge on any atom is 0.254 e. The molecule has 2 aromatic carbocycles. The lowest BCUT2D eigenvalue weighted by Gasteiger charge is -2.18. The standard InChI is InChI=1S/C28H25N5O/c1-4-25(5-2)33(3)28(34)22-12-18-6-7-19(13-21(18)14-22)27-30-11-10-26(32-27)31-24-9-8-20-16-29-17-23(20)15-24/h4-13,15,17H,1,14,16H2,2-3H3,(H,30,31,32)/b25-5+. The third kappa shape index (κ3) is 4.06. The first-order chi connectivity index (χ1) is 16.6. The number of carbonyl (C=O) groups excluding carboxylic acids is 1. The normalized spacial score (nSPS) is 13.8. The van der Waals surface area contributed by atoms with Crippen LogP contribution in [0.25, 0.3) is 17.5 Å². The molecule has 6 heteroatoms. The number of likely N-dealkylation sites (N-methyl/N-ethyl adjacent to an activating group) is 1. The highest BCUT2D eigenvalue weighted by Gasteiger charge is 2.23. The largest absolute Gasteiger partial charge is 0.340 e. The molecule has 3 aromatic rings. The van der Waals surface area contributed by atoms with E-state index in [1.54, 1.807) is 24.2 Å². The van der Waals surface area contributed by atoms with Gasteiger partial charge in [-0.3, -0.25) is 9.79 Å². The summed E-state index contributed by atoms with van der Waals surface area (Å²) in [6.45, 7) is 6.43. The molecular formula is C28H25N5O. The lowest BCUT2D eigenvalue weighted by molar-refractivity contribution is -0.124. The van der Waals surface area contributed by atoms with Crippen molar-refractivity contribution in [1.29, 1.82) is 0 Å². The second kappa shape index (κ2) is 8.90. The average Bonchev–Trinajstić information content (AvgIpc) is 3.50. The minimum atomic E-state index is -0.0208. The molecule has 1 aliphatic carbocycles. The number of anilines is 2. The van der Waals surface area contributed by atoms with E-state index in [1.807, 2.05) is 49.6 Å². The van der Waals surface area contributed by atoms with Crippen molar-refractivity contribution in [3.63, 3.8) is 0 Å². The van der Waals surface area contributed by atoms with E-state index in [9.17, 15) is 4.79 Å². The van der Waals surface area contributed by atoms with Crippen molar-refractivity contribution in [3.05, 3.63) is 101 Å². The molecule has 1 aromatic heterocycles. The van der Waals surface area contributed by atoms with Gasteiger partial charge in [-0.15, -0.1) is 0 Å². The molecule has 34 heavy (non-hydrogen) atoms. The molecule has 0 saturated carbocycles. The number of benzene rings is 2. The van der Waals surface area contributed by atoms with Gasteiger partial charge in [-0.05, 0) is 65.6 Å². The molecule has 168 valence electrons. The Labute approximate surface area is 199 Å². The van der Waals surface area contributed by atoms with Crippen LogP contribution in [0, 0.1) is 0 Å². The Hall–Kier alpha value is -4.32. The van der Waals surface area contributed by atoms with Crippen LogP contribution in [0.15, 0.2) is 83.7 Å². The number of aromatic nitrogens is 2. The van der Waals surface area contributed by atoms with Gasteiger partial charge in [0.05, 0.1) is 6.54 Å². The quantitative estimate of drug-likeness (QED) is 0.520. The summed E-state index contributed by atoms with van der Waals surface area (Å²) in [5, 5.41) is 3.37. The van der Waals surface area contributed by atoms with Gasteiger partial charge < -0.3 is 10.2 Å². The Morgan fingerprint density at radius 1 is 1.12 bits per heavy atom. The molecular weight excluding hydrogens is 422 g/mol. The number of nitrogens with zero attached hydrogens (tertiary/aromatic N) is 4. The summed E-state index contributed by atoms with van der Waals surface area (Å²) in [7, 11) is 1.77. The Kier molecular flexibility index (Phi) is 5.64. The number of nitrogens with one attached hydrogen (secondary N) is 1. The van der Waals surface area contributed by atoms with Crippen molar-refractivity contribution < 1.29 is 4.79 Å². The second-order valence-corrected chi connectivity index (χ2v) is 8.32. The summed E-state index contributed by atoms with van der Waals surface area (Å²) in [5.74, 6) is 1.34. The summed E-state index contributed by atoms with van der Waals surface area (Å²) >= 11 is 0. The molecule has 0 saturated heterocycles. The average molecular weight is 448 g/mol. The van der Waals surface area contributed by atoms with E-state index in [4.69, 9.17) is 4.98 Å². The second-order valence-electron chi connectivity index (χ2n) is 8.32. The predicted octanol–water partition coefficient (Wildman–Crippen LogP) is 5.31. The van der Waals surface area contributed by atoms with Crippen LogP contribution in [0.3, 0.4) is 0 Å². The fraction of sp³-hybridized carbons (Fsp3) is 0.143. The molecule has 1 aliphatic heterocycles. The van der Waals surface area contributed by atoms with Crippen LogP contribution in [0.1, 0.15) is 29.2 Å². The van der Waals surface area contributed by atoms with E-state index in [2.05, 4.69) is 40.1 Å². The number of amides is 1. The number of allylic oxidation sites excluding steroid dienone is 2. The van der Waals surface area contributed by atoms with Crippen molar-refractivity contribution in [2.45, 2.75) is 19.9 Å². The van der Waals surface area contributed by atoms with Crippen LogP contribution >= 0.6 is 0 Å². The van der Waals surface area contributed by atoms with E-state index < -0.39 is 0 Å². The molecule has 5 rings (SSSR count). The van der Waals surface area contributed by atoms with Crippen LogP contribution in [-0.2, 0) is 17.8 Å². The van der Waals surface area contributed by atoms with Crippen molar-refractivity contribution in [1.82, 2.24) is 14.9 Å². The lowest BCUT2D eigenvalue weighted by atomic mass is 10.0. The van der Waals surface area contributed by atoms with E-state index in [0.717, 1.165) is 51.6 Å². The molecule has 0 unspecified atom stereocenters. The highest BCUT2D eigenvalue weighted by Crippen LogP contribution is 2.30. The minimum Gasteiger partial charge on any atom is -0.340 e. The third-order valence-electron chi connectivity index (χ3n) is 6.15. The zero-order valence-electron chi connectivity index (χ0n) is 19.2. The molecule has 0 bridgehead atoms. The SMILES string of the molecule is C=C/C(=C\C)N(C)C(=O)C1=Cc2ccc(-c3nccc(Nc4ccc5c(c4)C=NC5)n3)cc2C1. The molecule has 0 radical (unpaired) electrons. The maximum atomic E-state index is 12.9. The fourth-order valence-electron chi connectivity index (χ4n) is 4.30. The molecule has 1 N–H and O–H groups in total. The van der Waals surface area contributed by atoms with Gasteiger partial charge in [0.15, 0.2) is 5.82 Å². The molecule has 6 nitrogen and oxygen atoms in total. The predicted molar refractivity (Wildman–Crippen MR) is 137 cm³/mol. The summed E-state index contributed by atoms with van der Waals surface area (Å²) in [6, 6.07) is 14.2.